The Morgan fingerprint density at radius 3 is 0.573 bits per heavy atom. The summed E-state index contributed by atoms with van der Waals surface area (Å²) in [6.07, 6.45) is 6.50. The molecule has 0 radical (unpaired) electrons. The molecule has 0 saturated carbocycles. The van der Waals surface area contributed by atoms with Gasteiger partial charge >= 0.3 is 0 Å². The summed E-state index contributed by atoms with van der Waals surface area (Å²) in [5.41, 5.74) is 29.2. The van der Waals surface area contributed by atoms with Gasteiger partial charge in [0.25, 0.3) is 0 Å². The van der Waals surface area contributed by atoms with E-state index < -0.39 is 0 Å². The molecule has 6 aliphatic rings. The molecular formula is C80H74N8S8. The summed E-state index contributed by atoms with van der Waals surface area (Å²) in [5, 5.41) is 4.52. The molecule has 0 aliphatic carbocycles. The molecule has 9 heterocycles. The number of aromatic nitrogens is 8. The Balaban J connectivity index is 1.05. The molecule has 0 amide bonds. The average Bonchev–Trinajstić information content (AvgIpc) is 1.53. The first-order valence-corrected chi connectivity index (χ1v) is 42.1. The van der Waals surface area contributed by atoms with Crippen LogP contribution in [0.5, 0.6) is 0 Å². The van der Waals surface area contributed by atoms with Gasteiger partial charge in [0, 0.05) is 129 Å². The molecule has 8 aromatic carbocycles. The van der Waals surface area contributed by atoms with Crippen molar-refractivity contribution in [2.75, 3.05) is 0 Å². The molecule has 8 bridgehead atoms. The van der Waals surface area contributed by atoms with Crippen molar-refractivity contribution in [1.82, 2.24) is 39.9 Å². The van der Waals surface area contributed by atoms with Crippen LogP contribution >= 0.6 is 94.1 Å². The normalized spacial score (nSPS) is 14.8. The van der Waals surface area contributed by atoms with Crippen molar-refractivity contribution in [1.29, 1.82) is 0 Å². The Labute approximate surface area is 596 Å². The zero-order valence-corrected chi connectivity index (χ0v) is 62.0. The van der Waals surface area contributed by atoms with E-state index >= 15 is 0 Å². The molecule has 11 aromatic rings. The Morgan fingerprint density at radius 1 is 0.240 bits per heavy atom. The van der Waals surface area contributed by atoms with Gasteiger partial charge in [-0.3, -0.25) is 0 Å². The molecule has 0 saturated heterocycles. The third kappa shape index (κ3) is 10.3. The standard InChI is InChI=1S/C80H74N8S8/c1-9-49-57-58(50(10-2)66-65(49)89-33-41-25-17-18-26-42(41)34-90-66)74-81-73(57)85-75-59-51(11-3)67-68(92-36-44-28-20-19-27-43(44)35-91-67)52(12-4)60(59)77(82-75)87-79-63-55(15-7)71-72(96-40-48-32-24-23-31-47(48)39-95-71)56(16-8)64(63)80(84-79)88-78-62-54(14-6)70-69(53(13-5)61(62)76(83-78)86-74)93-37-45-29-21-22-30-46(45)38-94-70/h17-32H,9-16,33-40H2,1-8H3,(H2,81,82,83,84,85,86,87,88). The molecule has 0 spiro atoms. The molecule has 0 unspecified atom stereocenters. The Hall–Kier alpha value is -6.08. The van der Waals surface area contributed by atoms with E-state index in [0.717, 1.165) is 164 Å². The minimum absolute atomic E-state index is 0.701. The highest BCUT2D eigenvalue weighted by atomic mass is 32.2. The molecule has 8 nitrogen and oxygen atoms in total. The molecule has 482 valence electrons. The van der Waals surface area contributed by atoms with Crippen molar-refractivity contribution in [3.8, 4) is 45.6 Å². The monoisotopic (exact) mass is 1400 g/mol. The summed E-state index contributed by atoms with van der Waals surface area (Å²) in [6.45, 7) is 18.7. The van der Waals surface area contributed by atoms with Crippen molar-refractivity contribution in [2.24, 2.45) is 0 Å². The maximum atomic E-state index is 6.11. The van der Waals surface area contributed by atoms with Crippen LogP contribution in [0.2, 0.25) is 0 Å². The van der Waals surface area contributed by atoms with Crippen molar-refractivity contribution >= 4 is 138 Å². The number of H-pyrrole nitrogens is 2. The molecule has 3 aromatic heterocycles. The average molecular weight is 1400 g/mol. The van der Waals surface area contributed by atoms with Crippen LogP contribution in [-0.2, 0) is 97.4 Å². The van der Waals surface area contributed by atoms with Crippen LogP contribution in [0.3, 0.4) is 0 Å². The van der Waals surface area contributed by atoms with Crippen molar-refractivity contribution < 1.29 is 0 Å². The van der Waals surface area contributed by atoms with E-state index in [9.17, 15) is 0 Å². The predicted molar refractivity (Wildman–Crippen MR) is 413 cm³/mol. The Bertz CT molecular complexity index is 4650. The molecular weight excluding hydrogens is 1330 g/mol. The van der Waals surface area contributed by atoms with Crippen molar-refractivity contribution in [3.63, 3.8) is 0 Å². The van der Waals surface area contributed by atoms with Crippen LogP contribution in [0.1, 0.15) is 144 Å². The number of hydrogen-bond acceptors (Lipinski definition) is 14. The van der Waals surface area contributed by atoms with Gasteiger partial charge in [-0.15, -0.1) is 94.1 Å². The van der Waals surface area contributed by atoms with Crippen LogP contribution in [-0.4, -0.2) is 39.9 Å². The lowest BCUT2D eigenvalue weighted by atomic mass is 9.93. The van der Waals surface area contributed by atoms with Crippen LogP contribution in [0.25, 0.3) is 89.7 Å². The van der Waals surface area contributed by atoms with E-state index in [1.165, 1.54) is 128 Å². The van der Waals surface area contributed by atoms with Gasteiger partial charge in [0.05, 0.1) is 0 Å². The molecule has 0 atom stereocenters. The number of fused-ring (bicyclic) bond motifs is 28. The second-order valence-electron chi connectivity index (χ2n) is 25.3. The van der Waals surface area contributed by atoms with Gasteiger partial charge < -0.3 is 9.97 Å². The molecule has 6 aliphatic heterocycles. The first-order valence-electron chi connectivity index (χ1n) is 34.2. The zero-order valence-electron chi connectivity index (χ0n) is 55.5. The first-order chi connectivity index (χ1) is 47.3. The lowest BCUT2D eigenvalue weighted by Crippen LogP contribution is -2.04. The minimum Gasteiger partial charge on any atom is -0.324 e. The number of aromatic amines is 2. The van der Waals surface area contributed by atoms with E-state index in [0.29, 0.717) is 23.3 Å². The second-order valence-corrected chi connectivity index (χ2v) is 33.2. The first kappa shape index (κ1) is 63.4. The summed E-state index contributed by atoms with van der Waals surface area (Å²) in [4.78, 5) is 55.4. The van der Waals surface area contributed by atoms with Gasteiger partial charge in [0.2, 0.25) is 0 Å². The predicted octanol–water partition coefficient (Wildman–Crippen LogP) is 23.0. The fourth-order valence-corrected chi connectivity index (χ4v) is 27.2. The highest BCUT2D eigenvalue weighted by Gasteiger charge is 2.37. The van der Waals surface area contributed by atoms with E-state index in [1.807, 2.05) is 94.1 Å². The maximum Gasteiger partial charge on any atom is 0.165 e. The van der Waals surface area contributed by atoms with E-state index in [4.69, 9.17) is 29.9 Å². The van der Waals surface area contributed by atoms with Crippen LogP contribution in [0.4, 0.5) is 0 Å². The van der Waals surface area contributed by atoms with Gasteiger partial charge in [-0.25, -0.2) is 29.9 Å². The molecule has 0 fully saturated rings. The third-order valence-electron chi connectivity index (χ3n) is 20.3. The number of benzene rings is 8. The van der Waals surface area contributed by atoms with Crippen LogP contribution in [0.15, 0.2) is 136 Å². The van der Waals surface area contributed by atoms with E-state index in [1.54, 1.807) is 0 Å². The number of aryl methyl sites for hydroxylation is 4. The fourth-order valence-electron chi connectivity index (χ4n) is 15.7. The second kappa shape index (κ2) is 26.2. The lowest BCUT2D eigenvalue weighted by Gasteiger charge is -2.24. The van der Waals surface area contributed by atoms with Gasteiger partial charge in [-0.05, 0) is 140 Å². The minimum atomic E-state index is 0.701. The van der Waals surface area contributed by atoms with E-state index in [2.05, 4.69) is 162 Å². The smallest absolute Gasteiger partial charge is 0.165 e. The SMILES string of the molecule is CCc1c2c(c(CC)c3c1-c1nc-3nc3[nH]c(nc4nc(nc5[nH]c(n1)c1c(CC)c6c(c(CC)c51)SCc1ccccc1CS6)-c1c(CC)c5c(c(CC)c1-4)SCc1ccccc1CS5)c1c(CC)c4c(c(CC)c31)SCc1ccccc1CS4)SCc1ccccc1CS2. The summed E-state index contributed by atoms with van der Waals surface area (Å²) >= 11 is 15.9. The quantitative estimate of drug-likeness (QED) is 0.151. The number of hydrogen-bond donors (Lipinski definition) is 2. The largest absolute Gasteiger partial charge is 0.324 e. The topological polar surface area (TPSA) is 109 Å². The third-order valence-corrected chi connectivity index (χ3v) is 30.4. The van der Waals surface area contributed by atoms with Crippen LogP contribution in [0, 0.1) is 0 Å². The maximum absolute atomic E-state index is 6.11. The molecule has 2 N–H and O–H groups in total. The van der Waals surface area contributed by atoms with Crippen molar-refractivity contribution in [3.05, 3.63) is 186 Å². The van der Waals surface area contributed by atoms with Gasteiger partial charge in [-0.2, -0.15) is 0 Å². The summed E-state index contributed by atoms with van der Waals surface area (Å²) in [6, 6.07) is 36.2. The van der Waals surface area contributed by atoms with E-state index in [-0.39, 0.29) is 0 Å². The number of nitrogens with one attached hydrogen (secondary N) is 2. The lowest BCUT2D eigenvalue weighted by molar-refractivity contribution is 0.978. The molecule has 17 rings (SSSR count). The zero-order chi connectivity index (χ0) is 65.0. The Morgan fingerprint density at radius 2 is 0.406 bits per heavy atom. The highest BCUT2D eigenvalue weighted by Crippen LogP contribution is 2.57. The summed E-state index contributed by atoms with van der Waals surface area (Å²) in [5.74, 6) is 9.97. The number of rotatable bonds is 8. The van der Waals surface area contributed by atoms with Gasteiger partial charge in [0.15, 0.2) is 23.3 Å². The van der Waals surface area contributed by atoms with Crippen molar-refractivity contribution in [2.45, 2.75) is 192 Å². The summed E-state index contributed by atoms with van der Waals surface area (Å²) < 4.78 is 0. The highest BCUT2D eigenvalue weighted by molar-refractivity contribution is 8.03. The fraction of sp³-hybridized carbons (Fsp3) is 0.300. The molecule has 96 heavy (non-hydrogen) atoms. The summed E-state index contributed by atoms with van der Waals surface area (Å²) in [7, 11) is 0. The van der Waals surface area contributed by atoms with Crippen LogP contribution < -0.4 is 0 Å². The van der Waals surface area contributed by atoms with Gasteiger partial charge in [0.1, 0.15) is 22.6 Å². The number of nitrogens with zero attached hydrogens (tertiary/aromatic N) is 6. The number of thioether (sulfide) groups is 8. The molecule has 16 heteroatoms. The Kier molecular flexibility index (Phi) is 17.3. The van der Waals surface area contributed by atoms with Gasteiger partial charge in [-0.1, -0.05) is 152 Å².